The van der Waals surface area contributed by atoms with Gasteiger partial charge in [0, 0.05) is 4.57 Å². The molecule has 0 saturated heterocycles. The lowest BCUT2D eigenvalue weighted by atomic mass is 9.77. The third kappa shape index (κ3) is 6.30. The standard InChI is InChI=1S/C28H30FN3.HO3P/c1-3-22(4-2)20-26(29)27-30-21-32(31-27)28(23-14-8-5-9-15-23,24-16-10-6-11-17-24)25-18-12-7-13-19-25;1-4(2)3/h5-19,21-22,26H,3-4,20H2,1-2H3;(H-,1,2,3)/p+1. The van der Waals surface area contributed by atoms with Gasteiger partial charge in [-0.3, -0.25) is 0 Å². The molecule has 0 aliphatic carbocycles. The topological polar surface area (TPSA) is 88.2 Å². The van der Waals surface area contributed by atoms with E-state index in [0.717, 1.165) is 29.5 Å². The van der Waals surface area contributed by atoms with E-state index in [9.17, 15) is 0 Å². The number of alkyl halides is 1. The van der Waals surface area contributed by atoms with Crippen LogP contribution >= 0.6 is 8.25 Å². The fourth-order valence-corrected chi connectivity index (χ4v) is 4.54. The van der Waals surface area contributed by atoms with Gasteiger partial charge in [0.25, 0.3) is 0 Å². The van der Waals surface area contributed by atoms with Crippen LogP contribution in [0.1, 0.15) is 61.8 Å². The van der Waals surface area contributed by atoms with E-state index in [1.54, 1.807) is 6.33 Å². The van der Waals surface area contributed by atoms with Gasteiger partial charge < -0.3 is 0 Å². The molecule has 4 aromatic rings. The van der Waals surface area contributed by atoms with Crippen molar-refractivity contribution in [1.82, 2.24) is 14.8 Å². The Hall–Kier alpha value is -3.25. The van der Waals surface area contributed by atoms with E-state index >= 15 is 4.39 Å². The van der Waals surface area contributed by atoms with Gasteiger partial charge in [0.15, 0.2) is 12.0 Å². The quantitative estimate of drug-likeness (QED) is 0.197. The lowest BCUT2D eigenvalue weighted by Gasteiger charge is -2.35. The van der Waals surface area contributed by atoms with Crippen LogP contribution in [0, 0.1) is 5.92 Å². The van der Waals surface area contributed by atoms with Crippen LogP contribution in [-0.2, 0) is 10.1 Å². The lowest BCUT2D eigenvalue weighted by molar-refractivity contribution is 0.251. The zero-order chi connectivity index (χ0) is 26.0. The Morgan fingerprint density at radius 1 is 0.833 bits per heavy atom. The second-order valence-electron chi connectivity index (χ2n) is 8.49. The molecular weight excluding hydrogens is 476 g/mol. The van der Waals surface area contributed by atoms with E-state index in [1.807, 2.05) is 59.3 Å². The van der Waals surface area contributed by atoms with Gasteiger partial charge in [0.1, 0.15) is 11.9 Å². The fourth-order valence-electron chi connectivity index (χ4n) is 4.54. The first-order valence-corrected chi connectivity index (χ1v) is 13.2. The summed E-state index contributed by atoms with van der Waals surface area (Å²) in [6.07, 6.45) is 2.87. The molecule has 0 aliphatic heterocycles. The molecule has 1 atom stereocenters. The highest BCUT2D eigenvalue weighted by atomic mass is 31.1. The maximum absolute atomic E-state index is 15.2. The Kier molecular flexibility index (Phi) is 10.00. The molecule has 36 heavy (non-hydrogen) atoms. The van der Waals surface area contributed by atoms with Crippen LogP contribution in [0.2, 0.25) is 0 Å². The normalized spacial score (nSPS) is 12.1. The van der Waals surface area contributed by atoms with Gasteiger partial charge in [-0.25, -0.2) is 14.1 Å². The molecule has 1 aromatic heterocycles. The average molecular weight is 509 g/mol. The minimum absolute atomic E-state index is 0.254. The number of aromatic nitrogens is 3. The monoisotopic (exact) mass is 508 g/mol. The van der Waals surface area contributed by atoms with Gasteiger partial charge in [0.05, 0.1) is 0 Å². The highest BCUT2D eigenvalue weighted by Crippen LogP contribution is 2.40. The summed E-state index contributed by atoms with van der Waals surface area (Å²) in [6.45, 7) is 4.22. The predicted octanol–water partition coefficient (Wildman–Crippen LogP) is 6.58. The molecule has 2 N–H and O–H groups in total. The van der Waals surface area contributed by atoms with Crippen molar-refractivity contribution in [2.24, 2.45) is 5.92 Å². The maximum Gasteiger partial charge on any atom is 0.692 e. The molecule has 6 nitrogen and oxygen atoms in total. The summed E-state index contributed by atoms with van der Waals surface area (Å²) in [6, 6.07) is 30.7. The predicted molar refractivity (Wildman–Crippen MR) is 139 cm³/mol. The minimum Gasteiger partial charge on any atom is -0.239 e. The molecule has 1 heterocycles. The van der Waals surface area contributed by atoms with Crippen LogP contribution in [0.4, 0.5) is 4.39 Å². The van der Waals surface area contributed by atoms with Crippen LogP contribution in [0.25, 0.3) is 0 Å². The molecule has 0 fully saturated rings. The number of hydrogen-bond donors (Lipinski definition) is 2. The molecule has 1 unspecified atom stereocenters. The zero-order valence-electron chi connectivity index (χ0n) is 20.5. The Morgan fingerprint density at radius 2 is 1.22 bits per heavy atom. The van der Waals surface area contributed by atoms with Crippen LogP contribution in [0.5, 0.6) is 0 Å². The SMILES string of the molecule is CCC(CC)CC(F)c1ncn(C(c2ccccc2)(c2ccccc2)c2ccccc2)n1.O=[P+](O)O. The van der Waals surface area contributed by atoms with Crippen molar-refractivity contribution in [3.05, 3.63) is 120 Å². The van der Waals surface area contributed by atoms with Crippen molar-refractivity contribution in [2.75, 3.05) is 0 Å². The van der Waals surface area contributed by atoms with Crippen molar-refractivity contribution < 1.29 is 18.7 Å². The number of rotatable bonds is 9. The Morgan fingerprint density at radius 3 is 1.58 bits per heavy atom. The van der Waals surface area contributed by atoms with Crippen LogP contribution in [0.3, 0.4) is 0 Å². The van der Waals surface area contributed by atoms with Crippen molar-refractivity contribution in [2.45, 2.75) is 44.8 Å². The van der Waals surface area contributed by atoms with E-state index in [4.69, 9.17) is 19.5 Å². The molecule has 0 spiro atoms. The average Bonchev–Trinajstić information content (AvgIpc) is 3.40. The first-order chi connectivity index (χ1) is 17.4. The number of halogens is 1. The summed E-state index contributed by atoms with van der Waals surface area (Å²) in [5, 5.41) is 4.76. The Bertz CT molecular complexity index is 1100. The first kappa shape index (κ1) is 27.3. The van der Waals surface area contributed by atoms with Crippen molar-refractivity contribution in [3.63, 3.8) is 0 Å². The Labute approximate surface area is 212 Å². The van der Waals surface area contributed by atoms with Gasteiger partial charge in [-0.2, -0.15) is 5.10 Å². The molecular formula is C28H32FN3O3P+. The van der Waals surface area contributed by atoms with Gasteiger partial charge in [-0.05, 0) is 29.0 Å². The summed E-state index contributed by atoms with van der Waals surface area (Å²) in [5.41, 5.74) is 2.38. The maximum atomic E-state index is 15.2. The van der Waals surface area contributed by atoms with Crippen molar-refractivity contribution in [3.8, 4) is 0 Å². The molecule has 0 bridgehead atoms. The minimum atomic E-state index is -2.87. The van der Waals surface area contributed by atoms with E-state index in [1.165, 1.54) is 0 Å². The number of benzene rings is 3. The molecule has 4 rings (SSSR count). The summed E-state index contributed by atoms with van der Waals surface area (Å²) in [5.74, 6) is 0.586. The molecule has 0 amide bonds. The molecule has 188 valence electrons. The lowest BCUT2D eigenvalue weighted by Crippen LogP contribution is -2.38. The van der Waals surface area contributed by atoms with Gasteiger partial charge in [-0.1, -0.05) is 118 Å². The molecule has 0 saturated carbocycles. The highest BCUT2D eigenvalue weighted by Gasteiger charge is 2.40. The molecule has 3 aromatic carbocycles. The molecule has 0 aliphatic rings. The summed E-state index contributed by atoms with van der Waals surface area (Å²) in [7, 11) is -2.87. The second-order valence-corrected chi connectivity index (χ2v) is 9.00. The van der Waals surface area contributed by atoms with Crippen molar-refractivity contribution in [1.29, 1.82) is 0 Å². The smallest absolute Gasteiger partial charge is 0.239 e. The van der Waals surface area contributed by atoms with E-state index in [2.05, 4.69) is 55.2 Å². The van der Waals surface area contributed by atoms with E-state index < -0.39 is 20.0 Å². The summed E-state index contributed by atoms with van der Waals surface area (Å²) in [4.78, 5) is 18.7. The summed E-state index contributed by atoms with van der Waals surface area (Å²) >= 11 is 0. The third-order valence-corrected chi connectivity index (χ3v) is 6.40. The van der Waals surface area contributed by atoms with Gasteiger partial charge in [-0.15, -0.1) is 9.79 Å². The zero-order valence-corrected chi connectivity index (χ0v) is 21.4. The number of hydrogen-bond acceptors (Lipinski definition) is 3. The highest BCUT2D eigenvalue weighted by molar-refractivity contribution is 7.30. The van der Waals surface area contributed by atoms with Crippen LogP contribution in [0.15, 0.2) is 97.3 Å². The first-order valence-electron chi connectivity index (χ1n) is 12.0. The molecule has 0 radical (unpaired) electrons. The van der Waals surface area contributed by atoms with E-state index in [-0.39, 0.29) is 5.82 Å². The fraction of sp³-hybridized carbons (Fsp3) is 0.286. The van der Waals surface area contributed by atoms with Gasteiger partial charge >= 0.3 is 8.25 Å². The van der Waals surface area contributed by atoms with Gasteiger partial charge in [0.2, 0.25) is 0 Å². The number of nitrogens with zero attached hydrogens (tertiary/aromatic N) is 3. The largest absolute Gasteiger partial charge is 0.692 e. The van der Waals surface area contributed by atoms with Crippen LogP contribution < -0.4 is 0 Å². The van der Waals surface area contributed by atoms with Crippen molar-refractivity contribution >= 4 is 8.25 Å². The summed E-state index contributed by atoms with van der Waals surface area (Å²) < 4.78 is 25.8. The molecule has 8 heteroatoms. The Balaban J connectivity index is 0.000000840. The third-order valence-electron chi connectivity index (χ3n) is 6.40. The second kappa shape index (κ2) is 13.2. The van der Waals surface area contributed by atoms with Crippen LogP contribution in [-0.4, -0.2) is 24.6 Å². The van der Waals surface area contributed by atoms with E-state index in [0.29, 0.717) is 12.3 Å².